The second kappa shape index (κ2) is 4.10. The summed E-state index contributed by atoms with van der Waals surface area (Å²) in [5.74, 6) is 0. The third-order valence-corrected chi connectivity index (χ3v) is 3.60. The molecule has 0 bridgehead atoms. The summed E-state index contributed by atoms with van der Waals surface area (Å²) in [6.07, 6.45) is 6.00. The first-order valence-electron chi connectivity index (χ1n) is 6.52. The van der Waals surface area contributed by atoms with Crippen molar-refractivity contribution < 1.29 is 4.79 Å². The number of hydrogen-bond acceptors (Lipinski definition) is 1. The number of benzene rings is 2. The van der Waals surface area contributed by atoms with Gasteiger partial charge >= 0.3 is 6.03 Å². The van der Waals surface area contributed by atoms with Gasteiger partial charge in [-0.25, -0.2) is 4.79 Å². The number of hydrogen-bond donors (Lipinski definition) is 1. The summed E-state index contributed by atoms with van der Waals surface area (Å²) in [7, 11) is 0. The number of carbonyl (C=O) groups excluding carboxylic acids is 1. The molecule has 2 heterocycles. The first-order valence-corrected chi connectivity index (χ1v) is 6.52. The first-order chi connectivity index (χ1) is 9.84. The van der Waals surface area contributed by atoms with E-state index >= 15 is 0 Å². The fourth-order valence-corrected chi connectivity index (χ4v) is 2.69. The van der Waals surface area contributed by atoms with E-state index in [9.17, 15) is 4.79 Å². The van der Waals surface area contributed by atoms with Crippen molar-refractivity contribution in [2.75, 3.05) is 10.2 Å². The molecule has 1 N–H and O–H groups in total. The smallest absolute Gasteiger partial charge is 0.307 e. The molecule has 2 aromatic carbocycles. The van der Waals surface area contributed by atoms with E-state index in [-0.39, 0.29) is 6.03 Å². The highest BCUT2D eigenvalue weighted by Crippen LogP contribution is 2.38. The average molecular weight is 260 g/mol. The van der Waals surface area contributed by atoms with Gasteiger partial charge < -0.3 is 5.32 Å². The molecule has 0 saturated carbocycles. The predicted octanol–water partition coefficient (Wildman–Crippen LogP) is 4.11. The van der Waals surface area contributed by atoms with E-state index in [2.05, 4.69) is 5.32 Å². The fourth-order valence-electron chi connectivity index (χ4n) is 2.69. The summed E-state index contributed by atoms with van der Waals surface area (Å²) < 4.78 is 0. The second-order valence-electron chi connectivity index (χ2n) is 4.78. The highest BCUT2D eigenvalue weighted by molar-refractivity contribution is 6.17. The second-order valence-corrected chi connectivity index (χ2v) is 4.78. The quantitative estimate of drug-likeness (QED) is 0.759. The molecule has 2 amide bonds. The highest BCUT2D eigenvalue weighted by Gasteiger charge is 2.30. The average Bonchev–Trinajstić information content (AvgIpc) is 2.67. The molecule has 96 valence electrons. The molecular formula is C17H12N2O. The number of anilines is 2. The van der Waals surface area contributed by atoms with Crippen molar-refractivity contribution in [2.24, 2.45) is 0 Å². The van der Waals surface area contributed by atoms with Crippen molar-refractivity contribution in [1.82, 2.24) is 0 Å². The fraction of sp³-hybridized carbons (Fsp3) is 0. The number of urea groups is 1. The monoisotopic (exact) mass is 260 g/mol. The topological polar surface area (TPSA) is 32.3 Å². The van der Waals surface area contributed by atoms with Gasteiger partial charge in [0.15, 0.2) is 0 Å². The van der Waals surface area contributed by atoms with Crippen molar-refractivity contribution in [3.05, 3.63) is 71.8 Å². The van der Waals surface area contributed by atoms with Crippen molar-refractivity contribution in [3.8, 4) is 0 Å². The number of nitrogens with one attached hydrogen (secondary N) is 1. The minimum Gasteiger partial charge on any atom is -0.307 e. The number of allylic oxidation sites excluding steroid dienone is 2. The van der Waals surface area contributed by atoms with Crippen LogP contribution in [0.4, 0.5) is 16.2 Å². The van der Waals surface area contributed by atoms with E-state index in [4.69, 9.17) is 0 Å². The Bertz CT molecular complexity index is 774. The lowest BCUT2D eigenvalue weighted by molar-refractivity contribution is 0.259. The lowest BCUT2D eigenvalue weighted by atomic mass is 10.0. The zero-order valence-electron chi connectivity index (χ0n) is 10.7. The van der Waals surface area contributed by atoms with Crippen LogP contribution in [0.15, 0.2) is 60.7 Å². The normalized spacial score (nSPS) is 15.5. The standard InChI is InChI=1S/C17H12N2O/c20-17-18-14-9-3-2-8-13(14)16-11-5-7-12-6-1-4-10-15(12)19(16)17/h1-11H,(H,18,20). The van der Waals surface area contributed by atoms with Crippen LogP contribution in [-0.2, 0) is 0 Å². The molecule has 20 heavy (non-hydrogen) atoms. The molecule has 3 heteroatoms. The van der Waals surface area contributed by atoms with Gasteiger partial charge in [-0.05, 0) is 23.8 Å². The van der Waals surface area contributed by atoms with Crippen LogP contribution >= 0.6 is 0 Å². The van der Waals surface area contributed by atoms with Gasteiger partial charge in [-0.3, -0.25) is 4.90 Å². The van der Waals surface area contributed by atoms with E-state index in [1.165, 1.54) is 0 Å². The lowest BCUT2D eigenvalue weighted by Crippen LogP contribution is -2.37. The Morgan fingerprint density at radius 3 is 2.70 bits per heavy atom. The van der Waals surface area contributed by atoms with E-state index in [0.717, 1.165) is 28.2 Å². The zero-order valence-corrected chi connectivity index (χ0v) is 10.7. The Labute approximate surface area is 116 Å². The molecule has 0 fully saturated rings. The molecule has 0 spiro atoms. The third-order valence-electron chi connectivity index (χ3n) is 3.60. The van der Waals surface area contributed by atoms with Crippen LogP contribution in [0, 0.1) is 0 Å². The molecule has 0 saturated heterocycles. The highest BCUT2D eigenvalue weighted by atomic mass is 16.2. The van der Waals surface area contributed by atoms with Crippen LogP contribution in [-0.4, -0.2) is 6.03 Å². The van der Waals surface area contributed by atoms with Crippen molar-refractivity contribution in [3.63, 3.8) is 0 Å². The largest absolute Gasteiger partial charge is 0.331 e. The molecule has 0 aliphatic carbocycles. The van der Waals surface area contributed by atoms with Crippen LogP contribution in [0.3, 0.4) is 0 Å². The Balaban J connectivity index is 1.98. The van der Waals surface area contributed by atoms with Crippen LogP contribution in [0.5, 0.6) is 0 Å². The van der Waals surface area contributed by atoms with Gasteiger partial charge in [-0.2, -0.15) is 0 Å². The van der Waals surface area contributed by atoms with Crippen LogP contribution in [0.25, 0.3) is 11.8 Å². The van der Waals surface area contributed by atoms with Gasteiger partial charge in [0.2, 0.25) is 0 Å². The Morgan fingerprint density at radius 1 is 0.950 bits per heavy atom. The molecule has 2 aliphatic heterocycles. The summed E-state index contributed by atoms with van der Waals surface area (Å²) in [6, 6.07) is 15.6. The number of carbonyl (C=O) groups is 1. The van der Waals surface area contributed by atoms with Gasteiger partial charge in [-0.15, -0.1) is 0 Å². The van der Waals surface area contributed by atoms with Crippen molar-refractivity contribution in [1.29, 1.82) is 0 Å². The molecule has 2 aliphatic rings. The minimum atomic E-state index is -0.119. The van der Waals surface area contributed by atoms with Gasteiger partial charge in [0.25, 0.3) is 0 Å². The summed E-state index contributed by atoms with van der Waals surface area (Å²) in [5.41, 5.74) is 4.74. The van der Waals surface area contributed by atoms with Crippen LogP contribution in [0.2, 0.25) is 0 Å². The van der Waals surface area contributed by atoms with Gasteiger partial charge in [0.05, 0.1) is 17.1 Å². The molecule has 3 nitrogen and oxygen atoms in total. The first kappa shape index (κ1) is 11.1. The number of para-hydroxylation sites is 2. The van der Waals surface area contributed by atoms with Crippen molar-refractivity contribution >= 4 is 29.2 Å². The van der Waals surface area contributed by atoms with Gasteiger partial charge in [-0.1, -0.05) is 48.6 Å². The van der Waals surface area contributed by atoms with Crippen LogP contribution in [0.1, 0.15) is 11.1 Å². The summed E-state index contributed by atoms with van der Waals surface area (Å²) >= 11 is 0. The van der Waals surface area contributed by atoms with Crippen LogP contribution < -0.4 is 10.2 Å². The zero-order chi connectivity index (χ0) is 13.5. The molecular weight excluding hydrogens is 248 g/mol. The van der Waals surface area contributed by atoms with E-state index in [1.807, 2.05) is 66.8 Å². The van der Waals surface area contributed by atoms with E-state index in [1.54, 1.807) is 4.90 Å². The Kier molecular flexibility index (Phi) is 2.27. The maximum atomic E-state index is 12.5. The molecule has 4 rings (SSSR count). The van der Waals surface area contributed by atoms with Crippen molar-refractivity contribution in [2.45, 2.75) is 0 Å². The lowest BCUT2D eigenvalue weighted by Gasteiger charge is -2.32. The number of amides is 2. The number of fused-ring (bicyclic) bond motifs is 5. The maximum absolute atomic E-state index is 12.5. The summed E-state index contributed by atoms with van der Waals surface area (Å²) in [6.45, 7) is 0. The minimum absolute atomic E-state index is 0.119. The summed E-state index contributed by atoms with van der Waals surface area (Å²) in [4.78, 5) is 14.2. The SMILES string of the molecule is O=C1Nc2ccccc2C2=CC=Cc3ccccc3N12. The Morgan fingerprint density at radius 2 is 1.75 bits per heavy atom. The summed E-state index contributed by atoms with van der Waals surface area (Å²) in [5, 5.41) is 2.95. The molecule has 0 aromatic heterocycles. The van der Waals surface area contributed by atoms with E-state index < -0.39 is 0 Å². The van der Waals surface area contributed by atoms with E-state index in [0.29, 0.717) is 0 Å². The third kappa shape index (κ3) is 1.50. The Hall–Kier alpha value is -2.81. The van der Waals surface area contributed by atoms with Gasteiger partial charge in [0.1, 0.15) is 0 Å². The molecule has 2 aromatic rings. The molecule has 0 radical (unpaired) electrons. The number of nitrogens with zero attached hydrogens (tertiary/aromatic N) is 1. The molecule has 0 atom stereocenters. The number of rotatable bonds is 0. The predicted molar refractivity (Wildman–Crippen MR) is 81.4 cm³/mol. The van der Waals surface area contributed by atoms with Gasteiger partial charge in [0, 0.05) is 5.56 Å². The maximum Gasteiger partial charge on any atom is 0.331 e. The molecule has 0 unspecified atom stereocenters.